The molecule has 1 saturated heterocycles. The fraction of sp³-hybridized carbons (Fsp3) is 0.567. The topological polar surface area (TPSA) is 99.8 Å². The lowest BCUT2D eigenvalue weighted by molar-refractivity contribution is -0.118. The van der Waals surface area contributed by atoms with Crippen LogP contribution in [-0.2, 0) is 11.2 Å². The van der Waals surface area contributed by atoms with Crippen LogP contribution in [0.25, 0.3) is 10.2 Å². The van der Waals surface area contributed by atoms with E-state index in [-0.39, 0.29) is 17.9 Å². The van der Waals surface area contributed by atoms with Gasteiger partial charge in [-0.1, -0.05) is 0 Å². The van der Waals surface area contributed by atoms with Gasteiger partial charge in [-0.25, -0.2) is 4.98 Å². The fourth-order valence-electron chi connectivity index (χ4n) is 6.48. The Kier molecular flexibility index (Phi) is 7.83. The zero-order chi connectivity index (χ0) is 27.8. The molecule has 214 valence electrons. The minimum Gasteiger partial charge on any atom is -0.474 e. The number of amides is 1. The Balaban J connectivity index is 1.27. The van der Waals surface area contributed by atoms with Gasteiger partial charge in [-0.3, -0.25) is 4.79 Å². The number of nitrogens with zero attached hydrogens (tertiary/aromatic N) is 5. The zero-order valence-electron chi connectivity index (χ0n) is 23.9. The summed E-state index contributed by atoms with van der Waals surface area (Å²) in [6.45, 7) is 4.25. The highest BCUT2D eigenvalue weighted by Crippen LogP contribution is 2.48. The van der Waals surface area contributed by atoms with Crippen molar-refractivity contribution in [2.45, 2.75) is 63.0 Å². The lowest BCUT2D eigenvalue weighted by Crippen LogP contribution is -2.44. The van der Waals surface area contributed by atoms with Crippen molar-refractivity contribution in [2.24, 2.45) is 5.73 Å². The van der Waals surface area contributed by atoms with Crippen molar-refractivity contribution in [1.82, 2.24) is 19.8 Å². The van der Waals surface area contributed by atoms with E-state index in [4.69, 9.17) is 20.4 Å². The van der Waals surface area contributed by atoms with Crippen LogP contribution in [-0.4, -0.2) is 85.1 Å². The van der Waals surface area contributed by atoms with Crippen LogP contribution in [0.1, 0.15) is 54.9 Å². The van der Waals surface area contributed by atoms with E-state index in [1.54, 1.807) is 11.3 Å². The van der Waals surface area contributed by atoms with Crippen LogP contribution in [0.4, 0.5) is 17.3 Å². The number of nitrogens with one attached hydrogen (secondary N) is 1. The second kappa shape index (κ2) is 11.5. The van der Waals surface area contributed by atoms with E-state index in [1.807, 2.05) is 0 Å². The van der Waals surface area contributed by atoms with Gasteiger partial charge in [-0.15, -0.1) is 11.3 Å². The summed E-state index contributed by atoms with van der Waals surface area (Å²) >= 11 is 1.70. The van der Waals surface area contributed by atoms with Gasteiger partial charge in [0.2, 0.25) is 17.7 Å². The summed E-state index contributed by atoms with van der Waals surface area (Å²) in [6.07, 6.45) is 6.59. The highest BCUT2D eigenvalue weighted by Gasteiger charge is 2.33. The number of primary amides is 1. The van der Waals surface area contributed by atoms with Crippen LogP contribution in [0.5, 0.6) is 5.88 Å². The molecule has 1 aliphatic heterocycles. The Labute approximate surface area is 240 Å². The highest BCUT2D eigenvalue weighted by molar-refractivity contribution is 7.19. The standard InChI is InChI=1S/C30H41N7O2S/c1-35(2)21-9-11-23(12-10-21)39-28-27-26-19(18-25(31)38)4-13-24(26)40-29(27)34-30(33-28)32-20-5-7-22(8-6-20)37-16-14-36(3)15-17-37/h5-8,19,21,23H,4,9-18H2,1-3H3,(H2,31,38)(H,32,33,34). The summed E-state index contributed by atoms with van der Waals surface area (Å²) in [5, 5.41) is 4.42. The Morgan fingerprint density at radius 3 is 2.48 bits per heavy atom. The van der Waals surface area contributed by atoms with Crippen molar-refractivity contribution in [3.63, 3.8) is 0 Å². The van der Waals surface area contributed by atoms with Crippen LogP contribution in [0.2, 0.25) is 0 Å². The van der Waals surface area contributed by atoms with E-state index in [2.05, 4.69) is 65.4 Å². The lowest BCUT2D eigenvalue weighted by atomic mass is 9.92. The number of rotatable bonds is 8. The van der Waals surface area contributed by atoms with Crippen molar-refractivity contribution in [2.75, 3.05) is 57.5 Å². The number of piperazine rings is 1. The SMILES string of the molecule is CN1CCN(c2ccc(Nc3nc(OC4CCC(N(C)C)CC4)c4c5c(sc4n3)CCC5CC(N)=O)cc2)CC1. The molecule has 2 fully saturated rings. The number of benzene rings is 1. The number of ether oxygens (including phenoxy) is 1. The van der Waals surface area contributed by atoms with Crippen molar-refractivity contribution >= 4 is 44.8 Å². The van der Waals surface area contributed by atoms with Crippen molar-refractivity contribution in [3.05, 3.63) is 34.7 Å². The maximum atomic E-state index is 11.9. The number of carbonyl (C=O) groups excluding carboxylic acids is 1. The molecule has 10 heteroatoms. The van der Waals surface area contributed by atoms with Crippen molar-refractivity contribution < 1.29 is 9.53 Å². The molecule has 3 N–H and O–H groups in total. The van der Waals surface area contributed by atoms with Crippen LogP contribution in [0, 0.1) is 0 Å². The molecule has 2 aliphatic carbocycles. The average molecular weight is 564 g/mol. The minimum absolute atomic E-state index is 0.109. The first-order chi connectivity index (χ1) is 19.3. The highest BCUT2D eigenvalue weighted by atomic mass is 32.1. The first kappa shape index (κ1) is 27.2. The molecule has 1 atom stereocenters. The second-order valence-corrected chi connectivity index (χ2v) is 12.9. The number of hydrogen-bond donors (Lipinski definition) is 2. The molecule has 0 spiro atoms. The normalized spacial score (nSPS) is 23.5. The number of carbonyl (C=O) groups is 1. The average Bonchev–Trinajstić information content (AvgIpc) is 3.49. The van der Waals surface area contributed by atoms with E-state index in [0.717, 1.165) is 80.6 Å². The molecule has 3 aromatic rings. The Hall–Kier alpha value is -2.95. The number of hydrogen-bond acceptors (Lipinski definition) is 9. The maximum absolute atomic E-state index is 11.9. The molecule has 3 aliphatic rings. The maximum Gasteiger partial charge on any atom is 0.231 e. The first-order valence-electron chi connectivity index (χ1n) is 14.6. The minimum atomic E-state index is -0.263. The van der Waals surface area contributed by atoms with E-state index < -0.39 is 0 Å². The van der Waals surface area contributed by atoms with Crippen molar-refractivity contribution in [3.8, 4) is 5.88 Å². The number of nitrogens with two attached hydrogens (primary N) is 1. The Morgan fingerprint density at radius 1 is 1.07 bits per heavy atom. The number of likely N-dealkylation sites (N-methyl/N-ethyl adjacent to an activating group) is 1. The van der Waals surface area contributed by atoms with Gasteiger partial charge >= 0.3 is 0 Å². The third-order valence-electron chi connectivity index (χ3n) is 8.85. The summed E-state index contributed by atoms with van der Waals surface area (Å²) in [4.78, 5) is 31.0. The lowest BCUT2D eigenvalue weighted by Gasteiger charge is -2.34. The van der Waals surface area contributed by atoms with Crippen molar-refractivity contribution in [1.29, 1.82) is 0 Å². The second-order valence-electron chi connectivity index (χ2n) is 11.9. The van der Waals surface area contributed by atoms with Crippen LogP contribution >= 0.6 is 11.3 Å². The quantitative estimate of drug-likeness (QED) is 0.418. The molecular weight excluding hydrogens is 522 g/mol. The van der Waals surface area contributed by atoms with Gasteiger partial charge in [0.1, 0.15) is 10.9 Å². The summed E-state index contributed by atoms with van der Waals surface area (Å²) in [5.41, 5.74) is 8.99. The molecule has 40 heavy (non-hydrogen) atoms. The molecule has 0 bridgehead atoms. The van der Waals surface area contributed by atoms with Gasteiger partial charge in [0.05, 0.1) is 5.39 Å². The summed E-state index contributed by atoms with van der Waals surface area (Å²) in [6, 6.07) is 9.13. The molecular formula is C30H41N7O2S. The van der Waals surface area contributed by atoms with E-state index in [0.29, 0.717) is 24.3 Å². The number of aryl methyl sites for hydroxylation is 1. The van der Waals surface area contributed by atoms with Crippen LogP contribution in [0.15, 0.2) is 24.3 Å². The predicted octanol–water partition coefficient (Wildman–Crippen LogP) is 4.34. The van der Waals surface area contributed by atoms with E-state index in [9.17, 15) is 4.79 Å². The van der Waals surface area contributed by atoms with E-state index in [1.165, 1.54) is 16.1 Å². The number of aromatic nitrogens is 2. The van der Waals surface area contributed by atoms with Crippen LogP contribution < -0.4 is 20.7 Å². The molecule has 1 amide bonds. The largest absolute Gasteiger partial charge is 0.474 e. The Bertz CT molecular complexity index is 1340. The van der Waals surface area contributed by atoms with Gasteiger partial charge in [0.15, 0.2) is 0 Å². The number of thiophene rings is 1. The van der Waals surface area contributed by atoms with Crippen LogP contribution in [0.3, 0.4) is 0 Å². The van der Waals surface area contributed by atoms with Gasteiger partial charge in [-0.05, 0) is 95.4 Å². The fourth-order valence-corrected chi connectivity index (χ4v) is 7.74. The van der Waals surface area contributed by atoms with Gasteiger partial charge in [-0.2, -0.15) is 4.98 Å². The molecule has 0 radical (unpaired) electrons. The predicted molar refractivity (Wildman–Crippen MR) is 162 cm³/mol. The van der Waals surface area contributed by atoms with Gasteiger partial charge < -0.3 is 30.5 Å². The molecule has 6 rings (SSSR count). The molecule has 1 saturated carbocycles. The third-order valence-corrected chi connectivity index (χ3v) is 10.0. The zero-order valence-corrected chi connectivity index (χ0v) is 24.7. The monoisotopic (exact) mass is 563 g/mol. The van der Waals surface area contributed by atoms with Gasteiger partial charge in [0.25, 0.3) is 0 Å². The first-order valence-corrected chi connectivity index (χ1v) is 15.4. The summed E-state index contributed by atoms with van der Waals surface area (Å²) in [7, 11) is 6.49. The molecule has 1 unspecified atom stereocenters. The van der Waals surface area contributed by atoms with Gasteiger partial charge in [0, 0.05) is 54.9 Å². The Morgan fingerprint density at radius 2 is 1.80 bits per heavy atom. The molecule has 1 aromatic carbocycles. The smallest absolute Gasteiger partial charge is 0.231 e. The third kappa shape index (κ3) is 5.75. The summed E-state index contributed by atoms with van der Waals surface area (Å²) in [5.74, 6) is 1.03. The molecule has 9 nitrogen and oxygen atoms in total. The summed E-state index contributed by atoms with van der Waals surface area (Å²) < 4.78 is 6.69. The number of fused-ring (bicyclic) bond motifs is 3. The molecule has 3 heterocycles. The number of anilines is 3. The molecule has 2 aromatic heterocycles. The van der Waals surface area contributed by atoms with E-state index >= 15 is 0 Å².